The van der Waals surface area contributed by atoms with E-state index < -0.39 is 0 Å². The van der Waals surface area contributed by atoms with E-state index in [2.05, 4.69) is 15.5 Å². The first-order chi connectivity index (χ1) is 14.7. The van der Waals surface area contributed by atoms with E-state index in [4.69, 9.17) is 14.1 Å². The molecule has 2 N–H and O–H groups in total. The maximum atomic E-state index is 13.3. The van der Waals surface area contributed by atoms with Crippen molar-refractivity contribution in [1.29, 1.82) is 0 Å². The van der Waals surface area contributed by atoms with Gasteiger partial charge in [-0.05, 0) is 55.2 Å². The fourth-order valence-corrected chi connectivity index (χ4v) is 3.50. The molecular weight excluding hydrogens is 510 g/mol. The van der Waals surface area contributed by atoms with Crippen LogP contribution in [0.2, 0.25) is 0 Å². The van der Waals surface area contributed by atoms with Gasteiger partial charge in [-0.25, -0.2) is 4.39 Å². The molecule has 1 fully saturated rings. The molecule has 0 unspecified atom stereocenters. The van der Waals surface area contributed by atoms with Crippen LogP contribution in [0.25, 0.3) is 0 Å². The quantitative estimate of drug-likeness (QED) is 0.208. The van der Waals surface area contributed by atoms with Crippen LogP contribution >= 0.6 is 24.0 Å². The first kappa shape index (κ1) is 25.6. The van der Waals surface area contributed by atoms with Crippen LogP contribution in [0.5, 0.6) is 0 Å². The molecule has 31 heavy (non-hydrogen) atoms. The average molecular weight is 544 g/mol. The van der Waals surface area contributed by atoms with Crippen molar-refractivity contribution in [2.45, 2.75) is 26.2 Å². The predicted octanol–water partition coefficient (Wildman–Crippen LogP) is 3.39. The molecule has 3 rings (SSSR count). The summed E-state index contributed by atoms with van der Waals surface area (Å²) in [7, 11) is 0. The molecule has 0 amide bonds. The van der Waals surface area contributed by atoms with Crippen molar-refractivity contribution in [3.05, 3.63) is 59.3 Å². The molecule has 0 bridgehead atoms. The summed E-state index contributed by atoms with van der Waals surface area (Å²) in [6.07, 6.45) is 4.33. The highest BCUT2D eigenvalue weighted by molar-refractivity contribution is 14.0. The summed E-state index contributed by atoms with van der Waals surface area (Å²) in [5, 5.41) is 6.80. The van der Waals surface area contributed by atoms with E-state index in [1.807, 2.05) is 25.1 Å². The molecule has 2 heterocycles. The second-order valence-corrected chi connectivity index (χ2v) is 7.54. The zero-order chi connectivity index (χ0) is 21.0. The van der Waals surface area contributed by atoms with Gasteiger partial charge in [0, 0.05) is 45.7 Å². The first-order valence-corrected chi connectivity index (χ1v) is 10.8. The standard InChI is InChI=1S/C23H33FN4O2.HI/c1-19-18-21(24)6-5-20(19)7-10-26-23(27-11-8-22-4-2-15-30-22)25-9-3-12-28-13-16-29-17-14-28;/h2,4-6,15,18H,3,7-14,16-17H2,1H3,(H2,25,26,27);1H. The number of rotatable bonds is 10. The molecule has 0 saturated carbocycles. The molecule has 1 aliphatic heterocycles. The maximum absolute atomic E-state index is 13.3. The molecule has 1 saturated heterocycles. The first-order valence-electron chi connectivity index (χ1n) is 10.8. The Hall–Kier alpha value is -1.65. The number of ether oxygens (including phenoxy) is 1. The Kier molecular flexibility index (Phi) is 11.9. The zero-order valence-corrected chi connectivity index (χ0v) is 20.6. The summed E-state index contributed by atoms with van der Waals surface area (Å²) in [6, 6.07) is 8.84. The molecule has 8 heteroatoms. The highest BCUT2D eigenvalue weighted by Gasteiger charge is 2.09. The molecule has 172 valence electrons. The Morgan fingerprint density at radius 1 is 1.13 bits per heavy atom. The fraction of sp³-hybridized carbons (Fsp3) is 0.522. The van der Waals surface area contributed by atoms with Crippen LogP contribution in [0.3, 0.4) is 0 Å². The number of nitrogens with one attached hydrogen (secondary N) is 2. The second-order valence-electron chi connectivity index (χ2n) is 7.54. The Balaban J connectivity index is 0.00000341. The SMILES string of the molecule is Cc1cc(F)ccc1CCNC(=NCCCN1CCOCC1)NCCc1ccco1.I. The molecule has 0 aliphatic carbocycles. The second kappa shape index (κ2) is 14.4. The van der Waals surface area contributed by atoms with E-state index in [0.717, 1.165) is 94.6 Å². The monoisotopic (exact) mass is 544 g/mol. The largest absolute Gasteiger partial charge is 0.469 e. The van der Waals surface area contributed by atoms with Gasteiger partial charge in [0.05, 0.1) is 19.5 Å². The van der Waals surface area contributed by atoms with Crippen molar-refractivity contribution >= 4 is 29.9 Å². The summed E-state index contributed by atoms with van der Waals surface area (Å²) in [4.78, 5) is 7.16. The van der Waals surface area contributed by atoms with Gasteiger partial charge in [0.2, 0.25) is 0 Å². The summed E-state index contributed by atoms with van der Waals surface area (Å²) in [5.74, 6) is 1.57. The number of halogens is 2. The molecule has 1 aromatic carbocycles. The number of guanidine groups is 1. The van der Waals surface area contributed by atoms with Gasteiger partial charge < -0.3 is 19.8 Å². The Labute approximate surface area is 201 Å². The van der Waals surface area contributed by atoms with Gasteiger partial charge in [-0.3, -0.25) is 9.89 Å². The highest BCUT2D eigenvalue weighted by atomic mass is 127. The minimum atomic E-state index is -0.189. The number of morpholine rings is 1. The minimum Gasteiger partial charge on any atom is -0.469 e. The third kappa shape index (κ3) is 9.57. The molecule has 0 atom stereocenters. The molecule has 0 spiro atoms. The van der Waals surface area contributed by atoms with E-state index in [1.54, 1.807) is 12.3 Å². The van der Waals surface area contributed by atoms with Crippen LogP contribution in [0, 0.1) is 12.7 Å². The molecule has 1 aliphatic rings. The Morgan fingerprint density at radius 3 is 2.61 bits per heavy atom. The fourth-order valence-electron chi connectivity index (χ4n) is 3.50. The molecule has 6 nitrogen and oxygen atoms in total. The number of hydrogen-bond donors (Lipinski definition) is 2. The van der Waals surface area contributed by atoms with Gasteiger partial charge in [-0.1, -0.05) is 6.07 Å². The molecule has 0 radical (unpaired) electrons. The van der Waals surface area contributed by atoms with Crippen molar-refractivity contribution < 1.29 is 13.5 Å². The lowest BCUT2D eigenvalue weighted by atomic mass is 10.1. The number of benzene rings is 1. The van der Waals surface area contributed by atoms with Crippen LogP contribution < -0.4 is 10.6 Å². The van der Waals surface area contributed by atoms with Gasteiger partial charge in [-0.15, -0.1) is 24.0 Å². The highest BCUT2D eigenvalue weighted by Crippen LogP contribution is 2.10. The Morgan fingerprint density at radius 2 is 1.90 bits per heavy atom. The van der Waals surface area contributed by atoms with E-state index in [-0.39, 0.29) is 29.8 Å². The third-order valence-corrected chi connectivity index (χ3v) is 5.24. The summed E-state index contributed by atoms with van der Waals surface area (Å²) < 4.78 is 24.1. The molecule has 2 aromatic rings. The minimum absolute atomic E-state index is 0. The van der Waals surface area contributed by atoms with Crippen molar-refractivity contribution in [2.24, 2.45) is 4.99 Å². The summed E-state index contributed by atoms with van der Waals surface area (Å²) in [6.45, 7) is 8.91. The Bertz CT molecular complexity index is 780. The molecule has 1 aromatic heterocycles. The van der Waals surface area contributed by atoms with Crippen molar-refractivity contribution in [1.82, 2.24) is 15.5 Å². The lowest BCUT2D eigenvalue weighted by Crippen LogP contribution is -2.40. The summed E-state index contributed by atoms with van der Waals surface area (Å²) in [5.41, 5.74) is 2.12. The van der Waals surface area contributed by atoms with Crippen LogP contribution in [0.15, 0.2) is 46.0 Å². The van der Waals surface area contributed by atoms with E-state index in [9.17, 15) is 4.39 Å². The number of aliphatic imine (C=N–C) groups is 1. The van der Waals surface area contributed by atoms with Crippen molar-refractivity contribution in [3.8, 4) is 0 Å². The lowest BCUT2D eigenvalue weighted by Gasteiger charge is -2.26. The van der Waals surface area contributed by atoms with Gasteiger partial charge in [-0.2, -0.15) is 0 Å². The number of nitrogens with zero attached hydrogens (tertiary/aromatic N) is 2. The normalized spacial score (nSPS) is 14.8. The number of furan rings is 1. The van der Waals surface area contributed by atoms with Crippen molar-refractivity contribution in [2.75, 3.05) is 52.5 Å². The summed E-state index contributed by atoms with van der Waals surface area (Å²) >= 11 is 0. The van der Waals surface area contributed by atoms with Crippen LogP contribution in [-0.2, 0) is 17.6 Å². The number of aryl methyl sites for hydroxylation is 1. The maximum Gasteiger partial charge on any atom is 0.191 e. The van der Waals surface area contributed by atoms with Crippen LogP contribution in [0.4, 0.5) is 4.39 Å². The molecular formula is C23H34FIN4O2. The van der Waals surface area contributed by atoms with Gasteiger partial charge in [0.25, 0.3) is 0 Å². The smallest absolute Gasteiger partial charge is 0.191 e. The average Bonchev–Trinajstić information content (AvgIpc) is 3.26. The van der Waals surface area contributed by atoms with Gasteiger partial charge in [0.15, 0.2) is 5.96 Å². The van der Waals surface area contributed by atoms with Gasteiger partial charge >= 0.3 is 0 Å². The predicted molar refractivity (Wildman–Crippen MR) is 133 cm³/mol. The van der Waals surface area contributed by atoms with E-state index >= 15 is 0 Å². The van der Waals surface area contributed by atoms with Crippen molar-refractivity contribution in [3.63, 3.8) is 0 Å². The van der Waals surface area contributed by atoms with Gasteiger partial charge in [0.1, 0.15) is 11.6 Å². The van der Waals surface area contributed by atoms with Crippen LogP contribution in [-0.4, -0.2) is 63.3 Å². The lowest BCUT2D eigenvalue weighted by molar-refractivity contribution is 0.0377. The third-order valence-electron chi connectivity index (χ3n) is 5.24. The number of hydrogen-bond acceptors (Lipinski definition) is 4. The topological polar surface area (TPSA) is 62.0 Å². The zero-order valence-electron chi connectivity index (χ0n) is 18.2. The van der Waals surface area contributed by atoms with E-state index in [1.165, 1.54) is 6.07 Å². The van der Waals surface area contributed by atoms with E-state index in [0.29, 0.717) is 0 Å². The van der Waals surface area contributed by atoms with Crippen LogP contribution in [0.1, 0.15) is 23.3 Å².